The standard InChI is InChI=1S/C30H26ClN3O2/c1-20-8-4-7-11-29(20)33-30(35)25(18-32)17-24-16-21(2)34(22(24)3)26-12-14-27(15-13-26)36-19-23-9-5-6-10-28(23)31/h4-17H,19H2,1-3H3,(H,33,35)/b25-17-. The molecule has 1 amide bonds. The van der Waals surface area contributed by atoms with Gasteiger partial charge in [-0.2, -0.15) is 5.26 Å². The Bertz CT molecular complexity index is 1480. The number of amides is 1. The van der Waals surface area contributed by atoms with E-state index >= 15 is 0 Å². The minimum atomic E-state index is -0.434. The van der Waals surface area contributed by atoms with E-state index in [0.717, 1.165) is 39.5 Å². The third kappa shape index (κ3) is 5.51. The van der Waals surface area contributed by atoms with Gasteiger partial charge in [0.05, 0.1) is 0 Å². The van der Waals surface area contributed by atoms with E-state index in [1.165, 1.54) is 0 Å². The number of carbonyl (C=O) groups is 1. The number of para-hydroxylation sites is 1. The van der Waals surface area contributed by atoms with Crippen LogP contribution in [0.4, 0.5) is 5.69 Å². The Morgan fingerprint density at radius 1 is 1.03 bits per heavy atom. The zero-order chi connectivity index (χ0) is 25.7. The van der Waals surface area contributed by atoms with Crippen LogP contribution in [0.2, 0.25) is 5.02 Å². The highest BCUT2D eigenvalue weighted by atomic mass is 35.5. The molecule has 0 aliphatic heterocycles. The molecular weight excluding hydrogens is 470 g/mol. The average Bonchev–Trinajstić information content (AvgIpc) is 3.16. The van der Waals surface area contributed by atoms with Gasteiger partial charge in [0.1, 0.15) is 24.0 Å². The molecule has 1 N–H and O–H groups in total. The van der Waals surface area contributed by atoms with E-state index in [1.807, 2.05) is 106 Å². The van der Waals surface area contributed by atoms with E-state index < -0.39 is 5.91 Å². The minimum absolute atomic E-state index is 0.0434. The van der Waals surface area contributed by atoms with Gasteiger partial charge in [0.25, 0.3) is 5.91 Å². The zero-order valence-electron chi connectivity index (χ0n) is 20.4. The molecule has 0 atom stereocenters. The Morgan fingerprint density at radius 3 is 2.42 bits per heavy atom. The smallest absolute Gasteiger partial charge is 0.266 e. The molecule has 5 nitrogen and oxygen atoms in total. The van der Waals surface area contributed by atoms with Gasteiger partial charge >= 0.3 is 0 Å². The number of ether oxygens (including phenoxy) is 1. The number of nitrogens with one attached hydrogen (secondary N) is 1. The number of benzene rings is 3. The first-order valence-corrected chi connectivity index (χ1v) is 11.9. The average molecular weight is 496 g/mol. The molecule has 4 aromatic rings. The van der Waals surface area contributed by atoms with Gasteiger partial charge < -0.3 is 14.6 Å². The Balaban J connectivity index is 1.53. The van der Waals surface area contributed by atoms with Crippen LogP contribution < -0.4 is 10.1 Å². The molecule has 0 spiro atoms. The Kier molecular flexibility index (Phi) is 7.58. The number of hydrogen-bond donors (Lipinski definition) is 1. The largest absolute Gasteiger partial charge is 0.489 e. The van der Waals surface area contributed by atoms with Crippen LogP contribution in [0.25, 0.3) is 11.8 Å². The summed E-state index contributed by atoms with van der Waals surface area (Å²) >= 11 is 6.21. The van der Waals surface area contributed by atoms with Crippen molar-refractivity contribution in [3.63, 3.8) is 0 Å². The first kappa shape index (κ1) is 24.8. The fourth-order valence-corrected chi connectivity index (χ4v) is 4.20. The monoisotopic (exact) mass is 495 g/mol. The van der Waals surface area contributed by atoms with Gasteiger partial charge in [-0.3, -0.25) is 4.79 Å². The number of carbonyl (C=O) groups excluding carboxylic acids is 1. The number of rotatable bonds is 7. The van der Waals surface area contributed by atoms with Crippen LogP contribution in [0.15, 0.2) is 84.4 Å². The van der Waals surface area contributed by atoms with Crippen LogP contribution in [-0.2, 0) is 11.4 Å². The molecule has 1 aromatic heterocycles. The van der Waals surface area contributed by atoms with Crippen LogP contribution in [0.5, 0.6) is 5.75 Å². The number of nitrogens with zero attached hydrogens (tertiary/aromatic N) is 2. The summed E-state index contributed by atoms with van der Waals surface area (Å²) < 4.78 is 7.98. The molecule has 6 heteroatoms. The van der Waals surface area contributed by atoms with Crippen molar-refractivity contribution in [3.05, 3.63) is 118 Å². The second-order valence-electron chi connectivity index (χ2n) is 8.47. The van der Waals surface area contributed by atoms with Crippen molar-refractivity contribution in [2.24, 2.45) is 0 Å². The maximum absolute atomic E-state index is 12.8. The fourth-order valence-electron chi connectivity index (χ4n) is 4.01. The summed E-state index contributed by atoms with van der Waals surface area (Å²) in [4.78, 5) is 12.8. The van der Waals surface area contributed by atoms with Gasteiger partial charge in [-0.1, -0.05) is 48.0 Å². The number of aromatic nitrogens is 1. The van der Waals surface area contributed by atoms with E-state index in [1.54, 1.807) is 6.08 Å². The predicted molar refractivity (Wildman–Crippen MR) is 144 cm³/mol. The number of hydrogen-bond acceptors (Lipinski definition) is 3. The summed E-state index contributed by atoms with van der Waals surface area (Å²) in [5, 5.41) is 13.2. The molecule has 0 unspecified atom stereocenters. The van der Waals surface area contributed by atoms with Crippen LogP contribution in [0.1, 0.15) is 28.1 Å². The molecule has 180 valence electrons. The first-order chi connectivity index (χ1) is 17.4. The summed E-state index contributed by atoms with van der Waals surface area (Å²) in [6.45, 7) is 6.25. The Hall–Kier alpha value is -4.27. The highest BCUT2D eigenvalue weighted by Crippen LogP contribution is 2.26. The molecule has 0 aliphatic rings. The molecule has 4 rings (SSSR count). The van der Waals surface area contributed by atoms with Crippen LogP contribution >= 0.6 is 11.6 Å². The summed E-state index contributed by atoms with van der Waals surface area (Å²) in [5.74, 6) is 0.303. The van der Waals surface area contributed by atoms with Gasteiger partial charge in [-0.25, -0.2) is 0 Å². The summed E-state index contributed by atoms with van der Waals surface area (Å²) in [6.07, 6.45) is 1.63. The van der Waals surface area contributed by atoms with E-state index in [-0.39, 0.29) is 5.57 Å². The van der Waals surface area contributed by atoms with Crippen LogP contribution in [0.3, 0.4) is 0 Å². The molecule has 0 saturated heterocycles. The molecule has 0 fully saturated rings. The van der Waals surface area contributed by atoms with Gasteiger partial charge in [-0.05, 0) is 80.4 Å². The normalized spacial score (nSPS) is 11.1. The molecule has 36 heavy (non-hydrogen) atoms. The summed E-state index contributed by atoms with van der Waals surface area (Å²) in [5.41, 5.74) is 6.26. The molecule has 0 bridgehead atoms. The van der Waals surface area contributed by atoms with Gasteiger partial charge in [0.2, 0.25) is 0 Å². The highest BCUT2D eigenvalue weighted by molar-refractivity contribution is 6.31. The van der Waals surface area contributed by atoms with E-state index in [9.17, 15) is 10.1 Å². The third-order valence-electron chi connectivity index (χ3n) is 5.98. The van der Waals surface area contributed by atoms with Crippen molar-refractivity contribution in [3.8, 4) is 17.5 Å². The highest BCUT2D eigenvalue weighted by Gasteiger charge is 2.15. The summed E-state index contributed by atoms with van der Waals surface area (Å²) in [6, 6.07) is 26.9. The van der Waals surface area contributed by atoms with Crippen molar-refractivity contribution >= 4 is 29.3 Å². The molecule has 1 heterocycles. The lowest BCUT2D eigenvalue weighted by molar-refractivity contribution is -0.112. The molecule has 0 saturated carbocycles. The molecule has 0 radical (unpaired) electrons. The number of halogens is 1. The molecule has 0 aliphatic carbocycles. The lowest BCUT2D eigenvalue weighted by Gasteiger charge is -2.12. The number of aryl methyl sites for hydroxylation is 2. The second-order valence-corrected chi connectivity index (χ2v) is 8.88. The van der Waals surface area contributed by atoms with Crippen LogP contribution in [0, 0.1) is 32.1 Å². The van der Waals surface area contributed by atoms with E-state index in [0.29, 0.717) is 17.3 Å². The first-order valence-electron chi connectivity index (χ1n) is 11.5. The number of nitriles is 1. The summed E-state index contributed by atoms with van der Waals surface area (Å²) in [7, 11) is 0. The van der Waals surface area contributed by atoms with Crippen LogP contribution in [-0.4, -0.2) is 10.5 Å². The third-order valence-corrected chi connectivity index (χ3v) is 6.34. The van der Waals surface area contributed by atoms with Crippen molar-refractivity contribution < 1.29 is 9.53 Å². The molecule has 3 aromatic carbocycles. The van der Waals surface area contributed by atoms with Crippen molar-refractivity contribution in [1.82, 2.24) is 4.57 Å². The van der Waals surface area contributed by atoms with Crippen molar-refractivity contribution in [2.75, 3.05) is 5.32 Å². The fraction of sp³-hybridized carbons (Fsp3) is 0.133. The maximum Gasteiger partial charge on any atom is 0.266 e. The maximum atomic E-state index is 12.8. The van der Waals surface area contributed by atoms with E-state index in [2.05, 4.69) is 9.88 Å². The van der Waals surface area contributed by atoms with Gasteiger partial charge in [0.15, 0.2) is 0 Å². The second kappa shape index (κ2) is 11.0. The van der Waals surface area contributed by atoms with E-state index in [4.69, 9.17) is 16.3 Å². The predicted octanol–water partition coefficient (Wildman–Crippen LogP) is 7.18. The number of anilines is 1. The minimum Gasteiger partial charge on any atom is -0.489 e. The van der Waals surface area contributed by atoms with Crippen molar-refractivity contribution in [2.45, 2.75) is 27.4 Å². The SMILES string of the molecule is Cc1ccccc1NC(=O)/C(C#N)=C\c1cc(C)n(-c2ccc(OCc3ccccc3Cl)cc2)c1C. The van der Waals surface area contributed by atoms with Gasteiger partial charge in [-0.15, -0.1) is 0 Å². The topological polar surface area (TPSA) is 67.0 Å². The zero-order valence-corrected chi connectivity index (χ0v) is 21.1. The Labute approximate surface area is 216 Å². The lowest BCUT2D eigenvalue weighted by atomic mass is 10.1. The molecular formula is C30H26ClN3O2. The Morgan fingerprint density at radius 2 is 1.72 bits per heavy atom. The van der Waals surface area contributed by atoms with Gasteiger partial charge in [0, 0.05) is 33.3 Å². The lowest BCUT2D eigenvalue weighted by Crippen LogP contribution is -2.14. The quantitative estimate of drug-likeness (QED) is 0.218. The van der Waals surface area contributed by atoms with Crippen molar-refractivity contribution in [1.29, 1.82) is 5.26 Å².